The molecule has 0 saturated carbocycles. The van der Waals surface area contributed by atoms with Gasteiger partial charge in [-0.1, -0.05) is 129 Å². The van der Waals surface area contributed by atoms with Crippen molar-refractivity contribution in [2.45, 2.75) is 85.5 Å². The van der Waals surface area contributed by atoms with Crippen LogP contribution >= 0.6 is 11.3 Å². The molecule has 0 spiro atoms. The number of fused-ring (bicyclic) bond motifs is 3. The quantitative estimate of drug-likeness (QED) is 0.218. The molecule has 0 unspecified atom stereocenters. The van der Waals surface area contributed by atoms with E-state index < -0.39 is 0 Å². The first-order valence-electron chi connectivity index (χ1n) is 13.9. The van der Waals surface area contributed by atoms with Crippen LogP contribution in [0.5, 0.6) is 0 Å². The van der Waals surface area contributed by atoms with E-state index in [9.17, 15) is 0 Å². The van der Waals surface area contributed by atoms with Crippen molar-refractivity contribution in [2.75, 3.05) is 0 Å². The highest BCUT2D eigenvalue weighted by molar-refractivity contribution is 7.26. The minimum atomic E-state index is -0.0104. The van der Waals surface area contributed by atoms with Crippen molar-refractivity contribution < 1.29 is 0 Å². The van der Waals surface area contributed by atoms with Crippen LogP contribution in [0.25, 0.3) is 42.4 Å². The van der Waals surface area contributed by atoms with Gasteiger partial charge in [-0.05, 0) is 74.2 Å². The van der Waals surface area contributed by atoms with Gasteiger partial charge in [0.25, 0.3) is 0 Å². The summed E-state index contributed by atoms with van der Waals surface area (Å²) in [5.41, 5.74) is 11.0. The van der Waals surface area contributed by atoms with E-state index in [0.717, 1.165) is 0 Å². The van der Waals surface area contributed by atoms with E-state index in [2.05, 4.69) is 142 Å². The van der Waals surface area contributed by atoms with Gasteiger partial charge in [-0.3, -0.25) is 0 Å². The Morgan fingerprint density at radius 1 is 0.500 bits per heavy atom. The molecule has 0 N–H and O–H groups in total. The van der Waals surface area contributed by atoms with Crippen molar-refractivity contribution in [3.05, 3.63) is 95.1 Å². The lowest BCUT2D eigenvalue weighted by molar-refractivity contribution is 0.569. The zero-order valence-electron chi connectivity index (χ0n) is 24.8. The third-order valence-corrected chi connectivity index (χ3v) is 8.84. The fraction of sp³-hybridized carbons (Fsp3) is 0.351. The molecule has 38 heavy (non-hydrogen) atoms. The predicted octanol–water partition coefficient (Wildman–Crippen LogP) is 11.6. The lowest BCUT2D eigenvalue weighted by atomic mass is 9.77. The van der Waals surface area contributed by atoms with Crippen molar-refractivity contribution in [2.24, 2.45) is 0 Å². The van der Waals surface area contributed by atoms with Gasteiger partial charge in [-0.2, -0.15) is 0 Å². The molecule has 0 aliphatic heterocycles. The molecule has 0 nitrogen and oxygen atoms in total. The van der Waals surface area contributed by atoms with Gasteiger partial charge in [-0.25, -0.2) is 0 Å². The molecule has 1 aromatic heterocycles. The molecular formula is C37H42S. The van der Waals surface area contributed by atoms with E-state index in [-0.39, 0.29) is 16.2 Å². The van der Waals surface area contributed by atoms with Crippen LogP contribution in [0.2, 0.25) is 0 Å². The second kappa shape index (κ2) is 9.09. The highest BCUT2D eigenvalue weighted by Gasteiger charge is 2.27. The molecule has 0 aliphatic carbocycles. The molecule has 0 radical (unpaired) electrons. The van der Waals surface area contributed by atoms with E-state index in [0.29, 0.717) is 0 Å². The van der Waals surface area contributed by atoms with E-state index in [4.69, 9.17) is 0 Å². The lowest BCUT2D eigenvalue weighted by Crippen LogP contribution is -2.16. The number of thiophene rings is 1. The molecule has 1 heterocycles. The second-order valence-corrected chi connectivity index (χ2v) is 15.1. The van der Waals surface area contributed by atoms with Crippen LogP contribution in [0.15, 0.2) is 72.8 Å². The number of hydrogen-bond donors (Lipinski definition) is 0. The van der Waals surface area contributed by atoms with Gasteiger partial charge in [0, 0.05) is 20.2 Å². The van der Waals surface area contributed by atoms with Crippen LogP contribution in [-0.2, 0) is 16.2 Å². The first-order valence-corrected chi connectivity index (χ1v) is 14.7. The molecule has 5 aromatic rings. The molecule has 0 saturated heterocycles. The van der Waals surface area contributed by atoms with Crippen molar-refractivity contribution in [3.63, 3.8) is 0 Å². The Labute approximate surface area is 233 Å². The summed E-state index contributed by atoms with van der Waals surface area (Å²) in [7, 11) is 0. The molecule has 0 fully saturated rings. The maximum absolute atomic E-state index is 2.44. The summed E-state index contributed by atoms with van der Waals surface area (Å²) >= 11 is 1.93. The molecule has 0 bridgehead atoms. The van der Waals surface area contributed by atoms with E-state index in [1.54, 1.807) is 0 Å². The molecule has 1 heteroatoms. The highest BCUT2D eigenvalue weighted by atomic mass is 32.1. The number of hydrogen-bond acceptors (Lipinski definition) is 1. The summed E-state index contributed by atoms with van der Waals surface area (Å²) in [6, 6.07) is 27.9. The monoisotopic (exact) mass is 518 g/mol. The normalized spacial score (nSPS) is 13.0. The molecule has 196 valence electrons. The molecule has 0 atom stereocenters. The third-order valence-electron chi connectivity index (χ3n) is 7.72. The number of aryl methyl sites for hydroxylation is 1. The van der Waals surface area contributed by atoms with Gasteiger partial charge in [-0.15, -0.1) is 11.3 Å². The van der Waals surface area contributed by atoms with Gasteiger partial charge in [0.05, 0.1) is 0 Å². The first kappa shape index (κ1) is 26.7. The topological polar surface area (TPSA) is 0 Å². The minimum Gasteiger partial charge on any atom is -0.135 e. The summed E-state index contributed by atoms with van der Waals surface area (Å²) in [5, 5.41) is 2.82. The van der Waals surface area contributed by atoms with E-state index >= 15 is 0 Å². The summed E-state index contributed by atoms with van der Waals surface area (Å²) in [5.74, 6) is 0. The highest BCUT2D eigenvalue weighted by Crippen LogP contribution is 2.48. The van der Waals surface area contributed by atoms with Gasteiger partial charge in [0.2, 0.25) is 0 Å². The Balaban J connectivity index is 1.92. The standard InChI is InChI=1S/C37H42S/c1-23-13-11-14-24(19-23)29-17-18-31-33(34(29)37(8,9)10)32-28(15-12-16-30(32)38-31)25-20-26(35(2,3)4)22-27(21-25)36(5,6)7/h11-22H,1-10H3. The SMILES string of the molecule is Cc1cccc(-c2ccc3sc4cccc(-c5cc(C(C)(C)C)cc(C(C)(C)C)c5)c4c3c2C(C)(C)C)c1. The van der Waals surface area contributed by atoms with Crippen molar-refractivity contribution >= 4 is 31.5 Å². The van der Waals surface area contributed by atoms with E-state index in [1.807, 2.05) is 11.3 Å². The van der Waals surface area contributed by atoms with Crippen molar-refractivity contribution in [1.29, 1.82) is 0 Å². The first-order chi connectivity index (χ1) is 17.6. The Morgan fingerprint density at radius 2 is 1.11 bits per heavy atom. The smallest absolute Gasteiger partial charge is 0.0361 e. The van der Waals surface area contributed by atoms with Gasteiger partial charge >= 0.3 is 0 Å². The van der Waals surface area contributed by atoms with Crippen LogP contribution in [0.4, 0.5) is 0 Å². The van der Waals surface area contributed by atoms with Crippen LogP contribution in [0.1, 0.15) is 84.6 Å². The maximum atomic E-state index is 2.44. The largest absolute Gasteiger partial charge is 0.135 e. The summed E-state index contributed by atoms with van der Waals surface area (Å²) in [6.07, 6.45) is 0. The van der Waals surface area contributed by atoms with Gasteiger partial charge in [0.15, 0.2) is 0 Å². The van der Waals surface area contributed by atoms with Gasteiger partial charge in [0.1, 0.15) is 0 Å². The Bertz CT molecular complexity index is 1620. The Hall–Kier alpha value is -2.90. The lowest BCUT2D eigenvalue weighted by Gasteiger charge is -2.27. The number of rotatable bonds is 2. The predicted molar refractivity (Wildman–Crippen MR) is 171 cm³/mol. The van der Waals surface area contributed by atoms with Crippen LogP contribution in [0, 0.1) is 6.92 Å². The zero-order valence-corrected chi connectivity index (χ0v) is 25.7. The van der Waals surface area contributed by atoms with Gasteiger partial charge < -0.3 is 0 Å². The summed E-state index contributed by atoms with van der Waals surface area (Å²) in [4.78, 5) is 0. The molecule has 0 aliphatic rings. The summed E-state index contributed by atoms with van der Waals surface area (Å²) < 4.78 is 2.74. The zero-order chi connectivity index (χ0) is 27.6. The fourth-order valence-corrected chi connectivity index (χ4v) is 6.77. The molecule has 0 amide bonds. The maximum Gasteiger partial charge on any atom is 0.0361 e. The van der Waals surface area contributed by atoms with E-state index in [1.165, 1.54) is 64.7 Å². The molecule has 4 aromatic carbocycles. The summed E-state index contributed by atoms with van der Waals surface area (Å²) in [6.45, 7) is 23.2. The fourth-order valence-electron chi connectivity index (χ4n) is 5.63. The van der Waals surface area contributed by atoms with Crippen LogP contribution in [0.3, 0.4) is 0 Å². The number of benzene rings is 4. The molecular weight excluding hydrogens is 476 g/mol. The van der Waals surface area contributed by atoms with Crippen LogP contribution < -0.4 is 0 Å². The molecule has 5 rings (SSSR count). The second-order valence-electron chi connectivity index (χ2n) is 14.1. The Kier molecular flexibility index (Phi) is 6.39. The third kappa shape index (κ3) is 4.82. The minimum absolute atomic E-state index is 0.0104. The van der Waals surface area contributed by atoms with Crippen LogP contribution in [-0.4, -0.2) is 0 Å². The van der Waals surface area contributed by atoms with Crippen molar-refractivity contribution in [3.8, 4) is 22.3 Å². The average molecular weight is 519 g/mol. The average Bonchev–Trinajstić information content (AvgIpc) is 3.20. The van der Waals surface area contributed by atoms with Crippen molar-refractivity contribution in [1.82, 2.24) is 0 Å². The Morgan fingerprint density at radius 3 is 1.68 bits per heavy atom.